The number of benzene rings is 1. The lowest BCUT2D eigenvalue weighted by Crippen LogP contribution is -2.49. The lowest BCUT2D eigenvalue weighted by molar-refractivity contribution is -0.133. The molecule has 1 amide bonds. The molecule has 1 aromatic carbocycles. The monoisotopic (exact) mass is 325 g/mol. The standard InChI is InChI=1S/C19H23N3O2/c1-12(2)6-7-13-8-9-15-14(10-13)19(11-18(3,4)24-15)16(23)22(5)17(20)21-19/h8-10,12H,11H2,1-5H3,(H2,20,21). The number of rotatable bonds is 0. The van der Waals surface area contributed by atoms with E-state index < -0.39 is 11.1 Å². The van der Waals surface area contributed by atoms with Gasteiger partial charge in [-0.1, -0.05) is 25.7 Å². The van der Waals surface area contributed by atoms with Crippen molar-refractivity contribution in [3.63, 3.8) is 0 Å². The summed E-state index contributed by atoms with van der Waals surface area (Å²) in [5, 5.41) is 0. The minimum atomic E-state index is -1.02. The minimum absolute atomic E-state index is 0.119. The molecular weight excluding hydrogens is 302 g/mol. The number of fused-ring (bicyclic) bond motifs is 2. The van der Waals surface area contributed by atoms with Crippen LogP contribution >= 0.6 is 0 Å². The molecule has 0 saturated heterocycles. The summed E-state index contributed by atoms with van der Waals surface area (Å²) in [5.41, 5.74) is 6.00. The highest BCUT2D eigenvalue weighted by Crippen LogP contribution is 2.48. The molecular formula is C19H23N3O2. The van der Waals surface area contributed by atoms with Crippen LogP contribution in [-0.2, 0) is 10.3 Å². The molecule has 0 saturated carbocycles. The van der Waals surface area contributed by atoms with E-state index in [9.17, 15) is 4.79 Å². The van der Waals surface area contributed by atoms with Crippen molar-refractivity contribution < 1.29 is 9.53 Å². The molecule has 0 aliphatic carbocycles. The van der Waals surface area contributed by atoms with Crippen molar-refractivity contribution in [2.75, 3.05) is 7.05 Å². The second-order valence-electron chi connectivity index (χ2n) is 7.37. The van der Waals surface area contributed by atoms with Crippen LogP contribution in [0.4, 0.5) is 0 Å². The Morgan fingerprint density at radius 2 is 2.08 bits per heavy atom. The zero-order valence-electron chi connectivity index (χ0n) is 14.8. The number of carbonyl (C=O) groups is 1. The average Bonchev–Trinajstić information content (AvgIpc) is 2.69. The van der Waals surface area contributed by atoms with E-state index >= 15 is 0 Å². The summed E-state index contributed by atoms with van der Waals surface area (Å²) in [4.78, 5) is 18.9. The quantitative estimate of drug-likeness (QED) is 0.744. The van der Waals surface area contributed by atoms with Crippen LogP contribution in [0.25, 0.3) is 0 Å². The highest BCUT2D eigenvalue weighted by molar-refractivity contribution is 6.07. The fraction of sp³-hybridized carbons (Fsp3) is 0.474. The van der Waals surface area contributed by atoms with E-state index in [0.29, 0.717) is 12.2 Å². The van der Waals surface area contributed by atoms with Gasteiger partial charge in [0.1, 0.15) is 11.4 Å². The van der Waals surface area contributed by atoms with Crippen LogP contribution in [0, 0.1) is 17.8 Å². The van der Waals surface area contributed by atoms with Gasteiger partial charge in [0.25, 0.3) is 5.91 Å². The summed E-state index contributed by atoms with van der Waals surface area (Å²) >= 11 is 0. The summed E-state index contributed by atoms with van der Waals surface area (Å²) in [5.74, 6) is 7.36. The van der Waals surface area contributed by atoms with Gasteiger partial charge in [0.15, 0.2) is 11.5 Å². The van der Waals surface area contributed by atoms with Crippen LogP contribution in [0.3, 0.4) is 0 Å². The van der Waals surface area contributed by atoms with E-state index in [0.717, 1.165) is 11.1 Å². The molecule has 5 heteroatoms. The Labute approximate surface area is 142 Å². The maximum Gasteiger partial charge on any atom is 0.261 e. The third kappa shape index (κ3) is 2.52. The van der Waals surface area contributed by atoms with Gasteiger partial charge < -0.3 is 10.5 Å². The molecule has 2 N–H and O–H groups in total. The summed E-state index contributed by atoms with van der Waals surface area (Å²) < 4.78 is 6.08. The van der Waals surface area contributed by atoms with Gasteiger partial charge in [-0.15, -0.1) is 0 Å². The van der Waals surface area contributed by atoms with E-state index in [4.69, 9.17) is 10.5 Å². The largest absolute Gasteiger partial charge is 0.487 e. The Balaban J connectivity index is 2.19. The molecule has 1 unspecified atom stereocenters. The zero-order valence-corrected chi connectivity index (χ0v) is 14.8. The molecule has 1 atom stereocenters. The smallest absolute Gasteiger partial charge is 0.261 e. The van der Waals surface area contributed by atoms with Crippen LogP contribution in [0.5, 0.6) is 5.75 Å². The van der Waals surface area contributed by atoms with E-state index in [1.165, 1.54) is 4.90 Å². The Morgan fingerprint density at radius 1 is 1.38 bits per heavy atom. The molecule has 1 spiro atoms. The zero-order chi connectivity index (χ0) is 17.7. The molecule has 0 bridgehead atoms. The van der Waals surface area contributed by atoms with E-state index in [-0.39, 0.29) is 17.8 Å². The van der Waals surface area contributed by atoms with Gasteiger partial charge in [0, 0.05) is 30.5 Å². The van der Waals surface area contributed by atoms with Crippen LogP contribution in [-0.4, -0.2) is 29.4 Å². The summed E-state index contributed by atoms with van der Waals surface area (Å²) in [7, 11) is 1.65. The molecule has 2 aliphatic rings. The van der Waals surface area contributed by atoms with Crippen molar-refractivity contribution in [1.29, 1.82) is 0 Å². The molecule has 3 rings (SSSR count). The van der Waals surface area contributed by atoms with Crippen molar-refractivity contribution in [1.82, 2.24) is 4.90 Å². The molecule has 0 aromatic heterocycles. The average molecular weight is 325 g/mol. The number of carbonyl (C=O) groups excluding carboxylic acids is 1. The SMILES string of the molecule is CC(C)C#Cc1ccc2c(c1)C1(CC(C)(C)O2)N=C(N)N(C)C1=O. The topological polar surface area (TPSA) is 67.9 Å². The van der Waals surface area contributed by atoms with Gasteiger partial charge in [-0.05, 0) is 32.0 Å². The fourth-order valence-corrected chi connectivity index (χ4v) is 3.28. The van der Waals surface area contributed by atoms with Crippen LogP contribution in [0.15, 0.2) is 23.2 Å². The first-order valence-corrected chi connectivity index (χ1v) is 8.13. The maximum absolute atomic E-state index is 13.0. The fourth-order valence-electron chi connectivity index (χ4n) is 3.28. The molecule has 2 heterocycles. The Hall–Kier alpha value is -2.48. The number of aliphatic imine (C=N–C) groups is 1. The molecule has 5 nitrogen and oxygen atoms in total. The van der Waals surface area contributed by atoms with Crippen molar-refractivity contribution in [3.05, 3.63) is 29.3 Å². The van der Waals surface area contributed by atoms with Crippen molar-refractivity contribution >= 4 is 11.9 Å². The van der Waals surface area contributed by atoms with Gasteiger partial charge in [-0.2, -0.15) is 0 Å². The summed E-state index contributed by atoms with van der Waals surface area (Å²) in [6, 6.07) is 5.70. The number of amides is 1. The second kappa shape index (κ2) is 5.27. The van der Waals surface area contributed by atoms with Crippen LogP contribution in [0.2, 0.25) is 0 Å². The normalized spacial score (nSPS) is 24.3. The number of nitrogens with zero attached hydrogens (tertiary/aromatic N) is 2. The number of hydrogen-bond donors (Lipinski definition) is 1. The highest BCUT2D eigenvalue weighted by Gasteiger charge is 2.55. The van der Waals surface area contributed by atoms with E-state index in [1.54, 1.807) is 7.05 Å². The predicted molar refractivity (Wildman–Crippen MR) is 93.6 cm³/mol. The number of hydrogen-bond acceptors (Lipinski definition) is 4. The van der Waals surface area contributed by atoms with Crippen LogP contribution < -0.4 is 10.5 Å². The first-order valence-electron chi connectivity index (χ1n) is 8.13. The molecule has 24 heavy (non-hydrogen) atoms. The summed E-state index contributed by atoms with van der Waals surface area (Å²) in [6.45, 7) is 8.00. The Morgan fingerprint density at radius 3 is 2.67 bits per heavy atom. The van der Waals surface area contributed by atoms with Crippen LogP contribution in [0.1, 0.15) is 45.2 Å². The molecule has 0 radical (unpaired) electrons. The van der Waals surface area contributed by atoms with Gasteiger partial charge >= 0.3 is 0 Å². The van der Waals surface area contributed by atoms with Crippen molar-refractivity contribution in [2.24, 2.45) is 16.6 Å². The van der Waals surface area contributed by atoms with Gasteiger partial charge in [0.05, 0.1) is 0 Å². The van der Waals surface area contributed by atoms with Gasteiger partial charge in [-0.25, -0.2) is 4.99 Å². The first-order chi connectivity index (χ1) is 11.1. The van der Waals surface area contributed by atoms with E-state index in [1.807, 2.05) is 45.9 Å². The third-order valence-electron chi connectivity index (χ3n) is 4.31. The third-order valence-corrected chi connectivity index (χ3v) is 4.31. The number of nitrogens with two attached hydrogens (primary N) is 1. The molecule has 1 aromatic rings. The predicted octanol–water partition coefficient (Wildman–Crippen LogP) is 2.24. The van der Waals surface area contributed by atoms with Gasteiger partial charge in [-0.3, -0.25) is 9.69 Å². The molecule has 0 fully saturated rings. The van der Waals surface area contributed by atoms with Gasteiger partial charge in [0.2, 0.25) is 0 Å². The Bertz CT molecular complexity index is 799. The Kier molecular flexibility index (Phi) is 3.60. The highest BCUT2D eigenvalue weighted by atomic mass is 16.5. The molecule has 2 aliphatic heterocycles. The maximum atomic E-state index is 13.0. The number of likely N-dealkylation sites (N-methyl/N-ethyl adjacent to an activating group) is 1. The second-order valence-corrected chi connectivity index (χ2v) is 7.37. The lowest BCUT2D eigenvalue weighted by atomic mass is 9.77. The first kappa shape index (κ1) is 16.4. The number of guanidine groups is 1. The lowest BCUT2D eigenvalue weighted by Gasteiger charge is -2.41. The summed E-state index contributed by atoms with van der Waals surface area (Å²) in [6.07, 6.45) is 0.442. The minimum Gasteiger partial charge on any atom is -0.487 e. The molecule has 126 valence electrons. The van der Waals surface area contributed by atoms with Crippen molar-refractivity contribution in [2.45, 2.75) is 45.3 Å². The number of ether oxygens (including phenoxy) is 1. The van der Waals surface area contributed by atoms with Crippen molar-refractivity contribution in [3.8, 4) is 17.6 Å². The van der Waals surface area contributed by atoms with E-state index in [2.05, 4.69) is 16.8 Å².